The maximum Gasteiger partial charge on any atom is 0.418 e. The van der Waals surface area contributed by atoms with E-state index in [1.165, 1.54) is 23.1 Å². The summed E-state index contributed by atoms with van der Waals surface area (Å²) < 4.78 is 39.3. The lowest BCUT2D eigenvalue weighted by molar-refractivity contribution is -0.137. The molecular formula is C14H16F3NO2. The van der Waals surface area contributed by atoms with Crippen molar-refractivity contribution in [3.8, 4) is 0 Å². The minimum Gasteiger partial charge on any atom is -0.478 e. The van der Waals surface area contributed by atoms with Crippen molar-refractivity contribution >= 4 is 11.7 Å². The first kappa shape index (κ1) is 16.1. The molecule has 0 saturated carbocycles. The van der Waals surface area contributed by atoms with E-state index < -0.39 is 17.7 Å². The van der Waals surface area contributed by atoms with Crippen molar-refractivity contribution in [1.82, 2.24) is 0 Å². The molecule has 0 fully saturated rings. The van der Waals surface area contributed by atoms with E-state index in [0.717, 1.165) is 0 Å². The third-order valence-electron chi connectivity index (χ3n) is 2.73. The van der Waals surface area contributed by atoms with Crippen LogP contribution in [0.15, 0.2) is 30.9 Å². The lowest BCUT2D eigenvalue weighted by Crippen LogP contribution is -2.27. The average Bonchev–Trinajstić information content (AvgIpc) is 2.36. The molecule has 0 atom stereocenters. The molecular weight excluding hydrogens is 271 g/mol. The maximum absolute atomic E-state index is 13.1. The number of hydrogen-bond acceptors (Lipinski definition) is 2. The van der Waals surface area contributed by atoms with E-state index in [9.17, 15) is 18.0 Å². The number of carbonyl (C=O) groups is 1. The molecule has 0 radical (unpaired) electrons. The highest BCUT2D eigenvalue weighted by molar-refractivity contribution is 5.88. The predicted octanol–water partition coefficient (Wildman–Crippen LogP) is 3.81. The van der Waals surface area contributed by atoms with Crippen LogP contribution in [-0.2, 0) is 6.18 Å². The number of aromatic carboxylic acids is 1. The van der Waals surface area contributed by atoms with Crippen molar-refractivity contribution in [3.63, 3.8) is 0 Å². The Bertz CT molecular complexity index is 498. The predicted molar refractivity (Wildman–Crippen MR) is 71.1 cm³/mol. The molecule has 0 aliphatic carbocycles. The largest absolute Gasteiger partial charge is 0.478 e. The molecule has 6 heteroatoms. The van der Waals surface area contributed by atoms with Crippen molar-refractivity contribution in [3.05, 3.63) is 42.0 Å². The minimum absolute atomic E-state index is 0.0238. The van der Waals surface area contributed by atoms with E-state index in [1.807, 2.05) is 6.92 Å². The molecule has 0 aliphatic rings. The van der Waals surface area contributed by atoms with Gasteiger partial charge in [-0.05, 0) is 24.6 Å². The summed E-state index contributed by atoms with van der Waals surface area (Å²) in [6.45, 7) is 6.08. The molecule has 0 spiro atoms. The standard InChI is InChI=1S/C14H16F3NO2/c1-3-7-18(8-4-2)12-6-5-10(13(19)20)9-11(12)14(15,16)17/h3,5-6,9H,1,4,7-8H2,2H3,(H,19,20). The molecule has 20 heavy (non-hydrogen) atoms. The number of halogens is 3. The molecule has 0 heterocycles. The van der Waals surface area contributed by atoms with Crippen LogP contribution in [-0.4, -0.2) is 24.2 Å². The van der Waals surface area contributed by atoms with Crippen LogP contribution in [0.3, 0.4) is 0 Å². The van der Waals surface area contributed by atoms with E-state index in [-0.39, 0.29) is 17.8 Å². The lowest BCUT2D eigenvalue weighted by atomic mass is 10.1. The van der Waals surface area contributed by atoms with E-state index >= 15 is 0 Å². The second-order valence-corrected chi connectivity index (χ2v) is 4.27. The Morgan fingerprint density at radius 1 is 1.45 bits per heavy atom. The second-order valence-electron chi connectivity index (χ2n) is 4.27. The van der Waals surface area contributed by atoms with Gasteiger partial charge in [-0.2, -0.15) is 13.2 Å². The zero-order valence-corrected chi connectivity index (χ0v) is 11.1. The zero-order valence-electron chi connectivity index (χ0n) is 11.1. The van der Waals surface area contributed by atoms with Crippen LogP contribution in [0.4, 0.5) is 18.9 Å². The van der Waals surface area contributed by atoms with Crippen LogP contribution in [0.1, 0.15) is 29.3 Å². The molecule has 110 valence electrons. The Morgan fingerprint density at radius 2 is 2.10 bits per heavy atom. The third kappa shape index (κ3) is 3.76. The highest BCUT2D eigenvalue weighted by atomic mass is 19.4. The third-order valence-corrected chi connectivity index (χ3v) is 2.73. The molecule has 0 unspecified atom stereocenters. The van der Waals surface area contributed by atoms with Crippen molar-refractivity contribution in [2.75, 3.05) is 18.0 Å². The van der Waals surface area contributed by atoms with Gasteiger partial charge in [0.2, 0.25) is 0 Å². The topological polar surface area (TPSA) is 40.5 Å². The Kier molecular flexibility index (Phi) is 5.19. The van der Waals surface area contributed by atoms with E-state index in [0.29, 0.717) is 19.0 Å². The zero-order chi connectivity index (χ0) is 15.3. The average molecular weight is 287 g/mol. The summed E-state index contributed by atoms with van der Waals surface area (Å²) in [6.07, 6.45) is -2.42. The summed E-state index contributed by atoms with van der Waals surface area (Å²) in [5.74, 6) is -1.38. The number of carboxylic acids is 1. The number of carboxylic acid groups (broad SMARTS) is 1. The molecule has 0 aromatic heterocycles. The molecule has 1 rings (SSSR count). The smallest absolute Gasteiger partial charge is 0.418 e. The Balaban J connectivity index is 3.36. The fourth-order valence-electron chi connectivity index (χ4n) is 1.91. The van der Waals surface area contributed by atoms with Gasteiger partial charge in [0.1, 0.15) is 0 Å². The Hall–Kier alpha value is -1.98. The van der Waals surface area contributed by atoms with E-state index in [2.05, 4.69) is 6.58 Å². The van der Waals surface area contributed by atoms with Gasteiger partial charge in [0.05, 0.1) is 11.1 Å². The van der Waals surface area contributed by atoms with Gasteiger partial charge in [0.15, 0.2) is 0 Å². The Labute approximate surface area is 115 Å². The second kappa shape index (κ2) is 6.45. The lowest BCUT2D eigenvalue weighted by Gasteiger charge is -2.26. The number of hydrogen-bond donors (Lipinski definition) is 1. The van der Waals surface area contributed by atoms with Gasteiger partial charge in [-0.15, -0.1) is 6.58 Å². The first-order valence-electron chi connectivity index (χ1n) is 6.11. The fourth-order valence-corrected chi connectivity index (χ4v) is 1.91. The Morgan fingerprint density at radius 3 is 2.55 bits per heavy atom. The summed E-state index contributed by atoms with van der Waals surface area (Å²) in [6, 6.07) is 3.05. The fraction of sp³-hybridized carbons (Fsp3) is 0.357. The van der Waals surface area contributed by atoms with Crippen LogP contribution in [0, 0.1) is 0 Å². The van der Waals surface area contributed by atoms with Crippen LogP contribution in [0.5, 0.6) is 0 Å². The first-order chi connectivity index (χ1) is 9.31. The summed E-state index contributed by atoms with van der Waals surface area (Å²) >= 11 is 0. The van der Waals surface area contributed by atoms with Crippen molar-refractivity contribution < 1.29 is 23.1 Å². The normalized spacial score (nSPS) is 11.2. The van der Waals surface area contributed by atoms with Gasteiger partial charge < -0.3 is 10.0 Å². The number of nitrogens with zero attached hydrogens (tertiary/aromatic N) is 1. The molecule has 0 saturated heterocycles. The number of benzene rings is 1. The number of rotatable bonds is 6. The van der Waals surface area contributed by atoms with E-state index in [1.54, 1.807) is 0 Å². The minimum atomic E-state index is -4.60. The van der Waals surface area contributed by atoms with Gasteiger partial charge in [0, 0.05) is 18.8 Å². The van der Waals surface area contributed by atoms with Crippen LogP contribution in [0.25, 0.3) is 0 Å². The molecule has 0 amide bonds. The van der Waals surface area contributed by atoms with Crippen LogP contribution >= 0.6 is 0 Å². The van der Waals surface area contributed by atoms with Crippen LogP contribution < -0.4 is 4.90 Å². The highest BCUT2D eigenvalue weighted by Crippen LogP contribution is 2.37. The molecule has 0 aliphatic heterocycles. The molecule has 1 aromatic carbocycles. The van der Waals surface area contributed by atoms with Crippen LogP contribution in [0.2, 0.25) is 0 Å². The maximum atomic E-state index is 13.1. The number of alkyl halides is 3. The summed E-state index contributed by atoms with van der Waals surface area (Å²) in [5, 5.41) is 8.81. The number of anilines is 1. The summed E-state index contributed by atoms with van der Waals surface area (Å²) in [5.41, 5.74) is -1.34. The van der Waals surface area contributed by atoms with Gasteiger partial charge in [-0.25, -0.2) is 4.79 Å². The monoisotopic (exact) mass is 287 g/mol. The molecule has 1 aromatic rings. The quantitative estimate of drug-likeness (QED) is 0.809. The van der Waals surface area contributed by atoms with Gasteiger partial charge in [-0.3, -0.25) is 0 Å². The van der Waals surface area contributed by atoms with Crippen molar-refractivity contribution in [1.29, 1.82) is 0 Å². The SMILES string of the molecule is C=CCN(CCC)c1ccc(C(=O)O)cc1C(F)(F)F. The van der Waals surface area contributed by atoms with E-state index in [4.69, 9.17) is 5.11 Å². The molecule has 1 N–H and O–H groups in total. The molecule has 0 bridgehead atoms. The van der Waals surface area contributed by atoms with Crippen molar-refractivity contribution in [2.45, 2.75) is 19.5 Å². The molecule has 3 nitrogen and oxygen atoms in total. The van der Waals surface area contributed by atoms with Crippen molar-refractivity contribution in [2.24, 2.45) is 0 Å². The first-order valence-corrected chi connectivity index (χ1v) is 6.11. The summed E-state index contributed by atoms with van der Waals surface area (Å²) in [4.78, 5) is 12.3. The van der Waals surface area contributed by atoms with Gasteiger partial charge in [0.25, 0.3) is 0 Å². The van der Waals surface area contributed by atoms with Gasteiger partial charge in [-0.1, -0.05) is 13.0 Å². The highest BCUT2D eigenvalue weighted by Gasteiger charge is 2.35. The van der Waals surface area contributed by atoms with Gasteiger partial charge >= 0.3 is 12.1 Å². The summed E-state index contributed by atoms with van der Waals surface area (Å²) in [7, 11) is 0.